The third-order valence-electron chi connectivity index (χ3n) is 7.80. The number of alkyl halides is 2. The summed E-state index contributed by atoms with van der Waals surface area (Å²) >= 11 is 0. The van der Waals surface area contributed by atoms with Crippen molar-refractivity contribution in [1.29, 1.82) is 0 Å². The number of aryl methyl sites for hydroxylation is 1. The van der Waals surface area contributed by atoms with E-state index in [4.69, 9.17) is 9.47 Å². The van der Waals surface area contributed by atoms with Gasteiger partial charge in [0.2, 0.25) is 5.92 Å². The minimum absolute atomic E-state index is 0.0812. The normalized spacial score (nSPS) is 21.1. The lowest BCUT2D eigenvalue weighted by molar-refractivity contribution is -0.186. The molecule has 0 unspecified atom stereocenters. The van der Waals surface area contributed by atoms with E-state index in [1.807, 2.05) is 25.3 Å². The molecule has 8 heteroatoms. The molecule has 5 rings (SSSR count). The zero-order valence-electron chi connectivity index (χ0n) is 20.2. The molecule has 1 saturated heterocycles. The Morgan fingerprint density at radius 2 is 1.91 bits per heavy atom. The molecule has 1 atom stereocenters. The highest BCUT2D eigenvalue weighted by Gasteiger charge is 2.58. The molecule has 2 aromatic carbocycles. The Labute approximate surface area is 202 Å². The molecule has 1 saturated carbocycles. The number of carboxylic acids is 1. The fraction of sp³-hybridized carbons (Fsp3) is 0.444. The fourth-order valence-electron chi connectivity index (χ4n) is 6.14. The molecule has 3 aromatic rings. The number of rotatable bonds is 6. The number of piperidine rings is 1. The predicted octanol–water partition coefficient (Wildman–Crippen LogP) is 5.94. The number of fused-ring (bicyclic) bond motifs is 1. The van der Waals surface area contributed by atoms with Crippen molar-refractivity contribution >= 4 is 16.9 Å². The van der Waals surface area contributed by atoms with E-state index >= 15 is 0 Å². The highest BCUT2D eigenvalue weighted by atomic mass is 19.3. The summed E-state index contributed by atoms with van der Waals surface area (Å²) in [6.07, 6.45) is 3.01. The van der Waals surface area contributed by atoms with Gasteiger partial charge in [0.25, 0.3) is 0 Å². The quantitative estimate of drug-likeness (QED) is 0.453. The van der Waals surface area contributed by atoms with Crippen LogP contribution in [0.5, 0.6) is 11.5 Å². The van der Waals surface area contributed by atoms with Crippen molar-refractivity contribution in [2.75, 3.05) is 20.8 Å². The number of benzene rings is 2. The van der Waals surface area contributed by atoms with Crippen LogP contribution in [-0.2, 0) is 6.54 Å². The van der Waals surface area contributed by atoms with Gasteiger partial charge in [0, 0.05) is 48.1 Å². The van der Waals surface area contributed by atoms with Gasteiger partial charge in [0.05, 0.1) is 14.2 Å². The van der Waals surface area contributed by atoms with Crippen LogP contribution in [0.3, 0.4) is 0 Å². The standard InChI is InChI=1S/C27H30F2N2O4/c1-16-10-22(34-2)20(18-6-8-30-24(16)18)13-31-9-7-26(14-27(28,29)15-26)12-21(31)17-4-5-19(25(32)33)23(11-17)35-3/h4-6,8,10-11,21,30H,7,9,12-15H2,1-3H3,(H,32,33)/t21-/m0/s1. The van der Waals surface area contributed by atoms with Gasteiger partial charge in [-0.05, 0) is 67.1 Å². The summed E-state index contributed by atoms with van der Waals surface area (Å²) in [5.74, 6) is -2.60. The highest BCUT2D eigenvalue weighted by Crippen LogP contribution is 2.60. The van der Waals surface area contributed by atoms with Gasteiger partial charge in [0.1, 0.15) is 17.1 Å². The van der Waals surface area contributed by atoms with Crippen LogP contribution >= 0.6 is 0 Å². The Morgan fingerprint density at radius 1 is 1.17 bits per heavy atom. The van der Waals surface area contributed by atoms with Crippen LogP contribution in [0.1, 0.15) is 58.8 Å². The summed E-state index contributed by atoms with van der Waals surface area (Å²) in [5, 5.41) is 10.6. The third kappa shape index (κ3) is 4.14. The molecule has 1 spiro atoms. The highest BCUT2D eigenvalue weighted by molar-refractivity contribution is 5.91. The van der Waals surface area contributed by atoms with Crippen LogP contribution in [0.4, 0.5) is 8.78 Å². The van der Waals surface area contributed by atoms with E-state index in [1.165, 1.54) is 7.11 Å². The molecule has 1 aliphatic heterocycles. The van der Waals surface area contributed by atoms with Crippen molar-refractivity contribution in [1.82, 2.24) is 9.88 Å². The number of aromatic carboxylic acids is 1. The zero-order valence-corrected chi connectivity index (χ0v) is 20.2. The van der Waals surface area contributed by atoms with Crippen LogP contribution in [0, 0.1) is 12.3 Å². The summed E-state index contributed by atoms with van der Waals surface area (Å²) in [5.41, 5.74) is 3.74. The van der Waals surface area contributed by atoms with Gasteiger partial charge in [-0.15, -0.1) is 0 Å². The number of aromatic amines is 1. The number of methoxy groups -OCH3 is 2. The van der Waals surface area contributed by atoms with Gasteiger partial charge < -0.3 is 19.6 Å². The van der Waals surface area contributed by atoms with E-state index in [0.717, 1.165) is 33.3 Å². The Hall–Kier alpha value is -3.13. The van der Waals surface area contributed by atoms with Crippen molar-refractivity contribution in [2.24, 2.45) is 5.41 Å². The van der Waals surface area contributed by atoms with Gasteiger partial charge in [-0.1, -0.05) is 6.07 Å². The first-order chi connectivity index (χ1) is 16.6. The van der Waals surface area contributed by atoms with E-state index in [2.05, 4.69) is 9.88 Å². The van der Waals surface area contributed by atoms with Crippen LogP contribution in [0.25, 0.3) is 10.9 Å². The first-order valence-corrected chi connectivity index (χ1v) is 11.8. The summed E-state index contributed by atoms with van der Waals surface area (Å²) in [4.78, 5) is 17.2. The van der Waals surface area contributed by atoms with Crippen molar-refractivity contribution in [2.45, 2.75) is 51.1 Å². The number of carbonyl (C=O) groups is 1. The molecule has 0 bridgehead atoms. The minimum Gasteiger partial charge on any atom is -0.496 e. The second-order valence-electron chi connectivity index (χ2n) is 10.1. The second kappa shape index (κ2) is 8.52. The topological polar surface area (TPSA) is 74.8 Å². The van der Waals surface area contributed by atoms with E-state index < -0.39 is 17.3 Å². The van der Waals surface area contributed by atoms with Crippen molar-refractivity contribution in [3.63, 3.8) is 0 Å². The van der Waals surface area contributed by atoms with Crippen LogP contribution in [0.2, 0.25) is 0 Å². The van der Waals surface area contributed by atoms with Crippen molar-refractivity contribution < 1.29 is 28.2 Å². The number of carboxylic acid groups (broad SMARTS) is 1. The number of hydrogen-bond donors (Lipinski definition) is 2. The maximum atomic E-state index is 14.0. The number of nitrogens with zero attached hydrogens (tertiary/aromatic N) is 1. The number of nitrogens with one attached hydrogen (secondary N) is 1. The van der Waals surface area contributed by atoms with Crippen molar-refractivity contribution in [3.05, 3.63) is 58.8 Å². The van der Waals surface area contributed by atoms with Gasteiger partial charge in [-0.25, -0.2) is 13.6 Å². The Morgan fingerprint density at radius 3 is 2.57 bits per heavy atom. The Kier molecular flexibility index (Phi) is 5.74. The Bertz CT molecular complexity index is 1280. The van der Waals surface area contributed by atoms with E-state index in [0.29, 0.717) is 25.9 Å². The average molecular weight is 485 g/mol. The third-order valence-corrected chi connectivity index (χ3v) is 7.80. The number of halogens is 2. The van der Waals surface area contributed by atoms with E-state index in [9.17, 15) is 18.7 Å². The molecule has 0 radical (unpaired) electrons. The smallest absolute Gasteiger partial charge is 0.339 e. The monoisotopic (exact) mass is 484 g/mol. The molecule has 35 heavy (non-hydrogen) atoms. The molecule has 6 nitrogen and oxygen atoms in total. The molecule has 2 fully saturated rings. The number of aromatic nitrogens is 1. The molecule has 2 heterocycles. The van der Waals surface area contributed by atoms with E-state index in [-0.39, 0.29) is 30.2 Å². The summed E-state index contributed by atoms with van der Waals surface area (Å²) in [7, 11) is 3.10. The largest absolute Gasteiger partial charge is 0.496 e. The maximum absolute atomic E-state index is 14.0. The SMILES string of the molecule is COc1cc([C@@H]2CC3(CCN2Cc2c(OC)cc(C)c4[nH]ccc24)CC(F)(F)C3)ccc1C(=O)O. The van der Waals surface area contributed by atoms with Crippen LogP contribution in [-0.4, -0.2) is 47.6 Å². The first-order valence-electron chi connectivity index (χ1n) is 11.8. The van der Waals surface area contributed by atoms with Crippen molar-refractivity contribution in [3.8, 4) is 11.5 Å². The minimum atomic E-state index is -2.60. The lowest BCUT2D eigenvalue weighted by atomic mass is 9.59. The van der Waals surface area contributed by atoms with Gasteiger partial charge in [-0.2, -0.15) is 0 Å². The number of likely N-dealkylation sites (tertiary alicyclic amines) is 1. The van der Waals surface area contributed by atoms with Gasteiger partial charge >= 0.3 is 5.97 Å². The molecule has 1 aromatic heterocycles. The summed E-state index contributed by atoms with van der Waals surface area (Å²) < 4.78 is 39.0. The zero-order chi connectivity index (χ0) is 25.0. The van der Waals surface area contributed by atoms with Crippen LogP contribution in [0.15, 0.2) is 36.5 Å². The number of ether oxygens (including phenoxy) is 2. The number of H-pyrrole nitrogens is 1. The Balaban J connectivity index is 1.54. The molecular formula is C27H30F2N2O4. The molecular weight excluding hydrogens is 454 g/mol. The predicted molar refractivity (Wildman–Crippen MR) is 129 cm³/mol. The lowest BCUT2D eigenvalue weighted by Gasteiger charge is -2.54. The van der Waals surface area contributed by atoms with Gasteiger partial charge in [0.15, 0.2) is 0 Å². The summed E-state index contributed by atoms with van der Waals surface area (Å²) in [6, 6.07) is 8.98. The maximum Gasteiger partial charge on any atom is 0.339 e. The molecule has 2 N–H and O–H groups in total. The van der Waals surface area contributed by atoms with Crippen LogP contribution < -0.4 is 9.47 Å². The average Bonchev–Trinajstić information content (AvgIpc) is 3.30. The second-order valence-corrected chi connectivity index (χ2v) is 10.1. The number of hydrogen-bond acceptors (Lipinski definition) is 4. The molecule has 1 aliphatic carbocycles. The van der Waals surface area contributed by atoms with Gasteiger partial charge in [-0.3, -0.25) is 4.90 Å². The fourth-order valence-corrected chi connectivity index (χ4v) is 6.14. The molecule has 0 amide bonds. The summed E-state index contributed by atoms with van der Waals surface area (Å²) in [6.45, 7) is 3.27. The molecule has 2 aliphatic rings. The molecule has 186 valence electrons. The first kappa shape index (κ1) is 23.6. The lowest BCUT2D eigenvalue weighted by Crippen LogP contribution is -2.53. The van der Waals surface area contributed by atoms with E-state index in [1.54, 1.807) is 25.3 Å².